The van der Waals surface area contributed by atoms with Crippen molar-refractivity contribution in [2.45, 2.75) is 13.8 Å². The van der Waals surface area contributed by atoms with Gasteiger partial charge < -0.3 is 4.90 Å². The third kappa shape index (κ3) is 3.62. The van der Waals surface area contributed by atoms with E-state index >= 15 is 0 Å². The first kappa shape index (κ1) is 11.6. The van der Waals surface area contributed by atoms with E-state index in [4.69, 9.17) is 0 Å². The highest BCUT2D eigenvalue weighted by Gasteiger charge is 1.91. The van der Waals surface area contributed by atoms with Gasteiger partial charge in [-0.15, -0.1) is 0 Å². The predicted molar refractivity (Wildman–Crippen MR) is 68.5 cm³/mol. The monoisotopic (exact) mass is 201 g/mol. The summed E-state index contributed by atoms with van der Waals surface area (Å²) in [6.07, 6.45) is 6.14. The molecule has 0 radical (unpaired) electrons. The molecule has 15 heavy (non-hydrogen) atoms. The minimum atomic E-state index is 1.05. The van der Waals surface area contributed by atoms with E-state index in [1.54, 1.807) is 0 Å². The van der Waals surface area contributed by atoms with E-state index in [0.29, 0.717) is 0 Å². The third-order valence-corrected chi connectivity index (χ3v) is 2.46. The van der Waals surface area contributed by atoms with Crippen LogP contribution in [0.15, 0.2) is 37.0 Å². The van der Waals surface area contributed by atoms with Gasteiger partial charge in [-0.05, 0) is 37.3 Å². The molecule has 0 saturated carbocycles. The molecule has 1 aromatic carbocycles. The van der Waals surface area contributed by atoms with Crippen LogP contribution in [0.5, 0.6) is 0 Å². The lowest BCUT2D eigenvalue weighted by Gasteiger charge is -2.14. The first-order chi connectivity index (χ1) is 7.30. The summed E-state index contributed by atoms with van der Waals surface area (Å²) < 4.78 is 0. The molecule has 1 rings (SSSR count). The normalized spacial score (nSPS) is 10.5. The molecule has 0 aromatic heterocycles. The smallest absolute Gasteiger partial charge is 0.0143 e. The molecule has 0 heterocycles. The molecule has 0 saturated heterocycles. The van der Waals surface area contributed by atoms with Crippen molar-refractivity contribution in [2.24, 2.45) is 0 Å². The van der Waals surface area contributed by atoms with Crippen LogP contribution in [0.4, 0.5) is 0 Å². The van der Waals surface area contributed by atoms with E-state index in [9.17, 15) is 0 Å². The molecule has 80 valence electrons. The maximum atomic E-state index is 3.74. The Morgan fingerprint density at radius 1 is 1.07 bits per heavy atom. The van der Waals surface area contributed by atoms with Crippen molar-refractivity contribution in [3.8, 4) is 0 Å². The topological polar surface area (TPSA) is 3.24 Å². The molecule has 0 N–H and O–H groups in total. The first-order valence-electron chi connectivity index (χ1n) is 5.45. The zero-order chi connectivity index (χ0) is 11.1. The van der Waals surface area contributed by atoms with Gasteiger partial charge in [-0.1, -0.05) is 36.9 Å². The van der Waals surface area contributed by atoms with Gasteiger partial charge in [0.25, 0.3) is 0 Å². The van der Waals surface area contributed by atoms with Gasteiger partial charge in [0.1, 0.15) is 0 Å². The quantitative estimate of drug-likeness (QED) is 0.703. The van der Waals surface area contributed by atoms with Gasteiger partial charge in [0.15, 0.2) is 0 Å². The number of rotatable bonds is 5. The average molecular weight is 201 g/mol. The summed E-state index contributed by atoms with van der Waals surface area (Å²) >= 11 is 0. The summed E-state index contributed by atoms with van der Waals surface area (Å²) in [5.41, 5.74) is 2.39. The summed E-state index contributed by atoms with van der Waals surface area (Å²) in [7, 11) is 0. The van der Waals surface area contributed by atoms with E-state index in [-0.39, 0.29) is 0 Å². The van der Waals surface area contributed by atoms with Crippen LogP contribution in [0, 0.1) is 0 Å². The molecule has 0 amide bonds. The van der Waals surface area contributed by atoms with Crippen LogP contribution in [-0.4, -0.2) is 18.0 Å². The van der Waals surface area contributed by atoms with Crippen LogP contribution < -0.4 is 0 Å². The standard InChI is InChI=1S/C14H19N/c1-4-13-7-9-14(10-8-13)11-12-15(5-2)6-3/h4,7-12H,1,5-6H2,2-3H3/b12-11+. The summed E-state index contributed by atoms with van der Waals surface area (Å²) in [6.45, 7) is 10.2. The van der Waals surface area contributed by atoms with Gasteiger partial charge in [-0.25, -0.2) is 0 Å². The van der Waals surface area contributed by atoms with Crippen LogP contribution >= 0.6 is 0 Å². The molecular weight excluding hydrogens is 182 g/mol. The van der Waals surface area contributed by atoms with Crippen LogP contribution in [-0.2, 0) is 0 Å². The van der Waals surface area contributed by atoms with Crippen LogP contribution in [0.2, 0.25) is 0 Å². The van der Waals surface area contributed by atoms with Gasteiger partial charge in [-0.2, -0.15) is 0 Å². The maximum absolute atomic E-state index is 3.74. The molecule has 0 aliphatic rings. The second kappa shape index (κ2) is 6.07. The van der Waals surface area contributed by atoms with Crippen molar-refractivity contribution in [1.82, 2.24) is 4.90 Å². The lowest BCUT2D eigenvalue weighted by molar-refractivity contribution is 0.421. The second-order valence-corrected chi connectivity index (χ2v) is 3.41. The molecule has 0 atom stereocenters. The summed E-state index contributed by atoms with van der Waals surface area (Å²) in [5, 5.41) is 0. The number of hydrogen-bond donors (Lipinski definition) is 0. The van der Waals surface area contributed by atoms with Crippen molar-refractivity contribution < 1.29 is 0 Å². The Kier molecular flexibility index (Phi) is 4.69. The van der Waals surface area contributed by atoms with E-state index in [1.807, 2.05) is 6.08 Å². The highest BCUT2D eigenvalue weighted by molar-refractivity contribution is 5.54. The fraction of sp³-hybridized carbons (Fsp3) is 0.286. The van der Waals surface area contributed by atoms with Crippen molar-refractivity contribution in [3.05, 3.63) is 48.2 Å². The number of hydrogen-bond acceptors (Lipinski definition) is 1. The Bertz CT molecular complexity index is 318. The molecule has 0 fully saturated rings. The van der Waals surface area contributed by atoms with Crippen LogP contribution in [0.25, 0.3) is 12.2 Å². The fourth-order valence-corrected chi connectivity index (χ4v) is 1.37. The summed E-state index contributed by atoms with van der Waals surface area (Å²) in [4.78, 5) is 2.27. The van der Waals surface area contributed by atoms with Gasteiger partial charge in [-0.3, -0.25) is 0 Å². The van der Waals surface area contributed by atoms with E-state index in [0.717, 1.165) is 18.7 Å². The van der Waals surface area contributed by atoms with Crippen molar-refractivity contribution >= 4 is 12.2 Å². The zero-order valence-corrected chi connectivity index (χ0v) is 9.61. The van der Waals surface area contributed by atoms with Gasteiger partial charge >= 0.3 is 0 Å². The van der Waals surface area contributed by atoms with Crippen molar-refractivity contribution in [3.63, 3.8) is 0 Å². The molecule has 0 aliphatic heterocycles. The predicted octanol–water partition coefficient (Wildman–Crippen LogP) is 3.64. The molecule has 0 unspecified atom stereocenters. The SMILES string of the molecule is C=Cc1ccc(/C=C/N(CC)CC)cc1. The van der Waals surface area contributed by atoms with Crippen molar-refractivity contribution in [2.75, 3.05) is 13.1 Å². The van der Waals surface area contributed by atoms with E-state index in [1.165, 1.54) is 5.56 Å². The van der Waals surface area contributed by atoms with E-state index < -0.39 is 0 Å². The van der Waals surface area contributed by atoms with Gasteiger partial charge in [0.2, 0.25) is 0 Å². The second-order valence-electron chi connectivity index (χ2n) is 3.41. The van der Waals surface area contributed by atoms with Crippen molar-refractivity contribution in [1.29, 1.82) is 0 Å². The Labute approximate surface area is 92.7 Å². The highest BCUT2D eigenvalue weighted by atomic mass is 15.1. The lowest BCUT2D eigenvalue weighted by Crippen LogP contribution is -2.14. The average Bonchev–Trinajstić information content (AvgIpc) is 2.31. The Morgan fingerprint density at radius 3 is 2.07 bits per heavy atom. The molecule has 1 heteroatoms. The first-order valence-corrected chi connectivity index (χ1v) is 5.45. The maximum Gasteiger partial charge on any atom is 0.0143 e. The molecule has 0 spiro atoms. The van der Waals surface area contributed by atoms with E-state index in [2.05, 4.69) is 61.9 Å². The Morgan fingerprint density at radius 2 is 1.60 bits per heavy atom. The fourth-order valence-electron chi connectivity index (χ4n) is 1.37. The molecule has 0 aliphatic carbocycles. The Balaban J connectivity index is 2.67. The van der Waals surface area contributed by atoms with Crippen LogP contribution in [0.3, 0.4) is 0 Å². The molecule has 1 nitrogen and oxygen atoms in total. The minimum Gasteiger partial charge on any atom is -0.378 e. The summed E-state index contributed by atoms with van der Waals surface area (Å²) in [5.74, 6) is 0. The van der Waals surface area contributed by atoms with Crippen LogP contribution in [0.1, 0.15) is 25.0 Å². The van der Waals surface area contributed by atoms with Gasteiger partial charge in [0.05, 0.1) is 0 Å². The summed E-state index contributed by atoms with van der Waals surface area (Å²) in [6, 6.07) is 8.37. The molecular formula is C14H19N. The zero-order valence-electron chi connectivity index (χ0n) is 9.61. The largest absolute Gasteiger partial charge is 0.378 e. The molecule has 0 bridgehead atoms. The molecule has 1 aromatic rings. The lowest BCUT2D eigenvalue weighted by atomic mass is 10.1. The number of nitrogens with zero attached hydrogens (tertiary/aromatic N) is 1. The third-order valence-electron chi connectivity index (χ3n) is 2.46. The highest BCUT2D eigenvalue weighted by Crippen LogP contribution is 2.07. The number of benzene rings is 1. The minimum absolute atomic E-state index is 1.05. The van der Waals surface area contributed by atoms with Gasteiger partial charge in [0, 0.05) is 13.1 Å². The Hall–Kier alpha value is -1.50.